The summed E-state index contributed by atoms with van der Waals surface area (Å²) >= 11 is 0. The summed E-state index contributed by atoms with van der Waals surface area (Å²) in [4.78, 5) is 97.2. The molecule has 3 aromatic rings. The standard InChI is InChI=1S/C43H57N11O11/c1-29(44)36(56)48-22-24-53(25-35(55)50-34(38(58)59)19-11-21-49-39(45)46)37(57)33(51-41(60)63-26-30-13-5-2-6-14-30)20-12-23-54(43(62)65-28-32-17-9-4-10-18-32)40(47)52-42(61)64-27-31-15-7-3-8-16-31/h2-10,13-18,29,33-34H,11-12,19-28,44H2,1H3,(H,48,56)(H,50,55)(H,51,60)(H,58,59)(H4,45,46,49)(H2,47,52,61)/t29-,33-,34-/m0/s1. The Bertz CT molecular complexity index is 2060. The summed E-state index contributed by atoms with van der Waals surface area (Å²) in [5, 5.41) is 28.1. The summed E-state index contributed by atoms with van der Waals surface area (Å²) < 4.78 is 16.1. The van der Waals surface area contributed by atoms with Crippen LogP contribution in [0.25, 0.3) is 0 Å². The van der Waals surface area contributed by atoms with E-state index in [1.54, 1.807) is 91.0 Å². The fourth-order valence-corrected chi connectivity index (χ4v) is 5.77. The number of carbonyl (C=O) groups is 7. The van der Waals surface area contributed by atoms with Gasteiger partial charge in [0.2, 0.25) is 23.7 Å². The number of carboxylic acid groups (broad SMARTS) is 1. The predicted octanol–water partition coefficient (Wildman–Crippen LogP) is 1.48. The highest BCUT2D eigenvalue weighted by Gasteiger charge is 2.31. The highest BCUT2D eigenvalue weighted by molar-refractivity contribution is 5.99. The fraction of sp³-hybridized carbons (Fsp3) is 0.372. The molecule has 3 atom stereocenters. The van der Waals surface area contributed by atoms with Gasteiger partial charge in [0.1, 0.15) is 31.9 Å². The van der Waals surface area contributed by atoms with E-state index in [0.717, 1.165) is 9.80 Å². The average molecular weight is 904 g/mol. The number of hydrogen-bond acceptors (Lipinski definition) is 13. The number of aliphatic carboxylic acids is 1. The molecular weight excluding hydrogens is 847 g/mol. The molecule has 0 fully saturated rings. The number of benzene rings is 3. The van der Waals surface area contributed by atoms with Crippen molar-refractivity contribution >= 4 is 53.9 Å². The molecule has 0 heterocycles. The van der Waals surface area contributed by atoms with Crippen molar-refractivity contribution in [3.05, 3.63) is 108 Å². The van der Waals surface area contributed by atoms with Gasteiger partial charge in [-0.25, -0.2) is 24.1 Å². The zero-order valence-electron chi connectivity index (χ0n) is 36.0. The minimum Gasteiger partial charge on any atom is -0.480 e. The first-order chi connectivity index (χ1) is 31.1. The van der Waals surface area contributed by atoms with Crippen LogP contribution < -0.4 is 38.5 Å². The molecule has 0 saturated heterocycles. The van der Waals surface area contributed by atoms with Crippen LogP contribution in [0.2, 0.25) is 0 Å². The predicted molar refractivity (Wildman–Crippen MR) is 236 cm³/mol. The molecule has 0 radical (unpaired) electrons. The SMILES string of the molecule is C[C@H](N)C(=O)NCCN(CC(=O)N[C@@H](CCCN=C(N)N)C(=O)O)C(=O)[C@H](CCCN(C(=N)NC(=O)OCc1ccccc1)C(=O)OCc1ccccc1)NC(=O)OCc1ccccc1. The van der Waals surface area contributed by atoms with Crippen LogP contribution >= 0.6 is 0 Å². The monoisotopic (exact) mass is 903 g/mol. The van der Waals surface area contributed by atoms with Gasteiger partial charge in [-0.05, 0) is 49.3 Å². The zero-order chi connectivity index (χ0) is 47.6. The van der Waals surface area contributed by atoms with E-state index in [9.17, 15) is 38.7 Å². The van der Waals surface area contributed by atoms with E-state index >= 15 is 0 Å². The summed E-state index contributed by atoms with van der Waals surface area (Å²) in [5.41, 5.74) is 18.3. The van der Waals surface area contributed by atoms with Gasteiger partial charge in [0.25, 0.3) is 0 Å². The molecular formula is C43H57N11O11. The molecule has 12 N–H and O–H groups in total. The number of guanidine groups is 2. The quantitative estimate of drug-likeness (QED) is 0.0266. The van der Waals surface area contributed by atoms with Crippen molar-refractivity contribution in [1.29, 1.82) is 5.41 Å². The molecule has 0 bridgehead atoms. The number of carbonyl (C=O) groups excluding carboxylic acids is 6. The lowest BCUT2D eigenvalue weighted by Gasteiger charge is -2.29. The number of alkyl carbamates (subject to hydrolysis) is 2. The van der Waals surface area contributed by atoms with Crippen LogP contribution in [0.4, 0.5) is 14.4 Å². The van der Waals surface area contributed by atoms with E-state index in [1.165, 1.54) is 6.92 Å². The first-order valence-corrected chi connectivity index (χ1v) is 20.5. The van der Waals surface area contributed by atoms with E-state index < -0.39 is 72.6 Å². The fourth-order valence-electron chi connectivity index (χ4n) is 5.77. The zero-order valence-corrected chi connectivity index (χ0v) is 36.0. The molecule has 0 aliphatic carbocycles. The molecule has 65 heavy (non-hydrogen) atoms. The van der Waals surface area contributed by atoms with E-state index in [-0.39, 0.29) is 77.6 Å². The topological polar surface area (TPSA) is 336 Å². The van der Waals surface area contributed by atoms with E-state index in [4.69, 9.17) is 36.8 Å². The Balaban J connectivity index is 1.86. The Morgan fingerprint density at radius 1 is 0.723 bits per heavy atom. The van der Waals surface area contributed by atoms with E-state index in [0.29, 0.717) is 16.7 Å². The second kappa shape index (κ2) is 28.0. The van der Waals surface area contributed by atoms with Gasteiger partial charge in [0, 0.05) is 26.2 Å². The van der Waals surface area contributed by atoms with Crippen molar-refractivity contribution in [1.82, 2.24) is 31.1 Å². The third kappa shape index (κ3) is 20.3. The number of aliphatic imine (C=N–C) groups is 1. The van der Waals surface area contributed by atoms with Gasteiger partial charge in [0.05, 0.1) is 12.6 Å². The van der Waals surface area contributed by atoms with Crippen LogP contribution in [0.5, 0.6) is 0 Å². The van der Waals surface area contributed by atoms with Gasteiger partial charge < -0.3 is 57.4 Å². The number of carboxylic acids is 1. The number of ether oxygens (including phenoxy) is 3. The maximum Gasteiger partial charge on any atom is 0.416 e. The first-order valence-electron chi connectivity index (χ1n) is 20.5. The van der Waals surface area contributed by atoms with Gasteiger partial charge in [0.15, 0.2) is 5.96 Å². The lowest BCUT2D eigenvalue weighted by molar-refractivity contribution is -0.143. The summed E-state index contributed by atoms with van der Waals surface area (Å²) in [6.45, 7) is -0.530. The van der Waals surface area contributed by atoms with Crippen molar-refractivity contribution in [2.75, 3.05) is 32.7 Å². The molecule has 22 nitrogen and oxygen atoms in total. The van der Waals surface area contributed by atoms with Crippen LogP contribution in [-0.4, -0.2) is 120 Å². The molecule has 6 amide bonds. The lowest BCUT2D eigenvalue weighted by atomic mass is 10.1. The van der Waals surface area contributed by atoms with Crippen LogP contribution in [0.3, 0.4) is 0 Å². The van der Waals surface area contributed by atoms with Crippen LogP contribution in [0.1, 0.15) is 49.3 Å². The molecule has 0 aromatic heterocycles. The number of nitrogens with zero attached hydrogens (tertiary/aromatic N) is 3. The van der Waals surface area contributed by atoms with Crippen molar-refractivity contribution in [2.45, 2.75) is 70.6 Å². The van der Waals surface area contributed by atoms with Crippen molar-refractivity contribution < 1.29 is 52.9 Å². The summed E-state index contributed by atoms with van der Waals surface area (Å²) in [7, 11) is 0. The van der Waals surface area contributed by atoms with Crippen molar-refractivity contribution in [3.8, 4) is 0 Å². The molecule has 0 saturated carbocycles. The number of rotatable bonds is 24. The van der Waals surface area contributed by atoms with Gasteiger partial charge in [-0.15, -0.1) is 0 Å². The maximum absolute atomic E-state index is 14.4. The Morgan fingerprint density at radius 3 is 1.77 bits per heavy atom. The normalized spacial score (nSPS) is 11.8. The molecule has 22 heteroatoms. The highest BCUT2D eigenvalue weighted by atomic mass is 16.6. The number of hydrogen-bond donors (Lipinski definition) is 9. The molecule has 350 valence electrons. The maximum atomic E-state index is 14.4. The summed E-state index contributed by atoms with van der Waals surface area (Å²) in [6, 6.07) is 22.3. The Kier molecular flexibility index (Phi) is 22.3. The van der Waals surface area contributed by atoms with Gasteiger partial charge in [-0.1, -0.05) is 91.0 Å². The Morgan fingerprint density at radius 2 is 1.25 bits per heavy atom. The second-order valence-electron chi connectivity index (χ2n) is 14.4. The van der Waals surface area contributed by atoms with E-state index in [1.807, 2.05) is 0 Å². The minimum absolute atomic E-state index is 0.0629. The third-order valence-electron chi connectivity index (χ3n) is 9.13. The van der Waals surface area contributed by atoms with Crippen LogP contribution in [-0.2, 0) is 53.2 Å². The minimum atomic E-state index is -1.47. The lowest BCUT2D eigenvalue weighted by Crippen LogP contribution is -2.54. The molecule has 3 aromatic carbocycles. The summed E-state index contributed by atoms with van der Waals surface area (Å²) in [5.74, 6) is -4.57. The van der Waals surface area contributed by atoms with Crippen LogP contribution in [0.15, 0.2) is 96.0 Å². The summed E-state index contributed by atoms with van der Waals surface area (Å²) in [6.07, 6.45) is -3.35. The Labute approximate surface area is 375 Å². The van der Waals surface area contributed by atoms with E-state index in [2.05, 4.69) is 26.3 Å². The first kappa shape index (κ1) is 51.6. The molecule has 0 spiro atoms. The molecule has 0 aliphatic rings. The van der Waals surface area contributed by atoms with Gasteiger partial charge in [-0.2, -0.15) is 0 Å². The van der Waals surface area contributed by atoms with Crippen LogP contribution in [0, 0.1) is 5.41 Å². The van der Waals surface area contributed by atoms with Crippen molar-refractivity contribution in [2.24, 2.45) is 22.2 Å². The molecule has 0 unspecified atom stereocenters. The number of nitrogens with one attached hydrogen (secondary N) is 5. The largest absolute Gasteiger partial charge is 0.480 e. The number of nitrogens with two attached hydrogens (primary N) is 3. The van der Waals surface area contributed by atoms with Gasteiger partial charge in [-0.3, -0.25) is 30.1 Å². The average Bonchev–Trinajstić information content (AvgIpc) is 3.28. The number of amides is 6. The Hall–Kier alpha value is -7.75. The second-order valence-corrected chi connectivity index (χ2v) is 14.4. The van der Waals surface area contributed by atoms with Crippen molar-refractivity contribution in [3.63, 3.8) is 0 Å². The molecule has 3 rings (SSSR count). The highest BCUT2D eigenvalue weighted by Crippen LogP contribution is 2.11. The molecule has 0 aliphatic heterocycles. The smallest absolute Gasteiger partial charge is 0.416 e. The van der Waals surface area contributed by atoms with Gasteiger partial charge >= 0.3 is 24.2 Å². The third-order valence-corrected chi connectivity index (χ3v) is 9.13.